The van der Waals surface area contributed by atoms with Crippen molar-refractivity contribution in [3.63, 3.8) is 0 Å². The molecule has 0 saturated heterocycles. The van der Waals surface area contributed by atoms with Gasteiger partial charge < -0.3 is 11.1 Å². The minimum Gasteiger partial charge on any atom is -0.396 e. The molecule has 15 heavy (non-hydrogen) atoms. The highest BCUT2D eigenvalue weighted by Crippen LogP contribution is 2.23. The molecule has 0 aliphatic heterocycles. The molecule has 0 unspecified atom stereocenters. The summed E-state index contributed by atoms with van der Waals surface area (Å²) >= 11 is 3.31. The lowest BCUT2D eigenvalue weighted by atomic mass is 10.3. The van der Waals surface area contributed by atoms with E-state index in [-0.39, 0.29) is 0 Å². The zero-order valence-corrected chi connectivity index (χ0v) is 9.53. The number of aromatic nitrogens is 1. The van der Waals surface area contributed by atoms with E-state index in [2.05, 4.69) is 26.2 Å². The van der Waals surface area contributed by atoms with Gasteiger partial charge in [-0.1, -0.05) is 18.2 Å². The van der Waals surface area contributed by atoms with E-state index in [4.69, 9.17) is 5.73 Å². The smallest absolute Gasteiger partial charge is 0.153 e. The molecule has 0 amide bonds. The molecule has 2 aromatic rings. The summed E-state index contributed by atoms with van der Waals surface area (Å²) in [6.45, 7) is 0. The third kappa shape index (κ3) is 2.47. The molecule has 1 heterocycles. The fourth-order valence-electron chi connectivity index (χ4n) is 1.22. The molecule has 3 nitrogen and oxygen atoms in total. The van der Waals surface area contributed by atoms with Crippen molar-refractivity contribution in [3.8, 4) is 0 Å². The number of benzene rings is 1. The second kappa shape index (κ2) is 4.31. The number of rotatable bonds is 2. The Labute approximate surface area is 96.5 Å². The van der Waals surface area contributed by atoms with Crippen molar-refractivity contribution in [3.05, 3.63) is 47.1 Å². The van der Waals surface area contributed by atoms with E-state index in [1.54, 1.807) is 6.20 Å². The summed E-state index contributed by atoms with van der Waals surface area (Å²) in [5.41, 5.74) is 7.40. The van der Waals surface area contributed by atoms with Gasteiger partial charge in [0.15, 0.2) is 5.82 Å². The molecular formula is C11H10BrN3. The Hall–Kier alpha value is -1.55. The maximum atomic E-state index is 5.81. The van der Waals surface area contributed by atoms with Crippen LogP contribution in [0.3, 0.4) is 0 Å². The van der Waals surface area contributed by atoms with Crippen molar-refractivity contribution in [2.45, 2.75) is 0 Å². The first-order valence-corrected chi connectivity index (χ1v) is 5.28. The lowest BCUT2D eigenvalue weighted by Crippen LogP contribution is -1.98. The van der Waals surface area contributed by atoms with Gasteiger partial charge in [0.2, 0.25) is 0 Å². The van der Waals surface area contributed by atoms with E-state index >= 15 is 0 Å². The second-order valence-corrected chi connectivity index (χ2v) is 4.00. The van der Waals surface area contributed by atoms with Gasteiger partial charge in [-0.05, 0) is 34.1 Å². The van der Waals surface area contributed by atoms with Crippen LogP contribution in [0.1, 0.15) is 0 Å². The van der Waals surface area contributed by atoms with Crippen molar-refractivity contribution >= 4 is 33.1 Å². The van der Waals surface area contributed by atoms with Gasteiger partial charge in [0.1, 0.15) is 0 Å². The van der Waals surface area contributed by atoms with Crippen molar-refractivity contribution in [1.82, 2.24) is 4.98 Å². The Morgan fingerprint density at radius 2 is 1.93 bits per heavy atom. The molecule has 0 bridgehead atoms. The van der Waals surface area contributed by atoms with E-state index in [1.807, 2.05) is 36.4 Å². The Kier molecular flexibility index (Phi) is 2.87. The van der Waals surface area contributed by atoms with Crippen LogP contribution in [-0.4, -0.2) is 4.98 Å². The molecule has 0 atom stereocenters. The maximum Gasteiger partial charge on any atom is 0.153 e. The molecule has 0 aliphatic carbocycles. The fraction of sp³-hybridized carbons (Fsp3) is 0. The summed E-state index contributed by atoms with van der Waals surface area (Å²) in [5, 5.41) is 3.14. The van der Waals surface area contributed by atoms with E-state index < -0.39 is 0 Å². The summed E-state index contributed by atoms with van der Waals surface area (Å²) in [7, 11) is 0. The largest absolute Gasteiger partial charge is 0.396 e. The number of halogens is 1. The topological polar surface area (TPSA) is 50.9 Å². The van der Waals surface area contributed by atoms with Crippen molar-refractivity contribution in [2.75, 3.05) is 11.1 Å². The minimum atomic E-state index is 0.619. The van der Waals surface area contributed by atoms with Crippen LogP contribution in [0.15, 0.2) is 47.1 Å². The lowest BCUT2D eigenvalue weighted by molar-refractivity contribution is 1.30. The maximum absolute atomic E-state index is 5.81. The van der Waals surface area contributed by atoms with Crippen molar-refractivity contribution < 1.29 is 0 Å². The molecule has 1 aromatic carbocycles. The van der Waals surface area contributed by atoms with Crippen LogP contribution < -0.4 is 11.1 Å². The SMILES string of the molecule is Nc1cc(Br)cnc1Nc1ccccc1. The number of anilines is 3. The van der Waals surface area contributed by atoms with Crippen LogP contribution in [0.5, 0.6) is 0 Å². The molecule has 3 N–H and O–H groups in total. The number of hydrogen-bond acceptors (Lipinski definition) is 3. The van der Waals surface area contributed by atoms with Gasteiger partial charge >= 0.3 is 0 Å². The predicted molar refractivity (Wildman–Crippen MR) is 66.1 cm³/mol. The first-order chi connectivity index (χ1) is 7.25. The molecule has 2 rings (SSSR count). The van der Waals surface area contributed by atoms with Crippen molar-refractivity contribution in [1.29, 1.82) is 0 Å². The van der Waals surface area contributed by atoms with Crippen LogP contribution in [0.4, 0.5) is 17.2 Å². The third-order valence-electron chi connectivity index (χ3n) is 1.92. The quantitative estimate of drug-likeness (QED) is 0.875. The zero-order valence-electron chi connectivity index (χ0n) is 7.94. The van der Waals surface area contributed by atoms with Gasteiger partial charge in [-0.25, -0.2) is 4.98 Å². The van der Waals surface area contributed by atoms with Crippen molar-refractivity contribution in [2.24, 2.45) is 0 Å². The predicted octanol–water partition coefficient (Wildman–Crippen LogP) is 3.17. The van der Waals surface area contributed by atoms with Gasteiger partial charge in [0.05, 0.1) is 5.69 Å². The van der Waals surface area contributed by atoms with Crippen LogP contribution in [0.25, 0.3) is 0 Å². The normalized spacial score (nSPS) is 9.93. The average Bonchev–Trinajstić information content (AvgIpc) is 2.24. The first-order valence-electron chi connectivity index (χ1n) is 4.49. The molecule has 0 fully saturated rings. The highest BCUT2D eigenvalue weighted by molar-refractivity contribution is 9.10. The number of nitrogen functional groups attached to an aromatic ring is 1. The lowest BCUT2D eigenvalue weighted by Gasteiger charge is -2.07. The second-order valence-electron chi connectivity index (χ2n) is 3.08. The van der Waals surface area contributed by atoms with Crippen LogP contribution in [0, 0.1) is 0 Å². The minimum absolute atomic E-state index is 0.619. The van der Waals surface area contributed by atoms with E-state index in [0.29, 0.717) is 11.5 Å². The number of pyridine rings is 1. The Morgan fingerprint density at radius 1 is 1.20 bits per heavy atom. The summed E-state index contributed by atoms with van der Waals surface area (Å²) in [4.78, 5) is 4.19. The summed E-state index contributed by atoms with van der Waals surface area (Å²) in [5.74, 6) is 0.671. The summed E-state index contributed by atoms with van der Waals surface area (Å²) < 4.78 is 0.874. The molecule has 0 aliphatic rings. The molecule has 1 aromatic heterocycles. The van der Waals surface area contributed by atoms with Gasteiger partial charge in [-0.3, -0.25) is 0 Å². The van der Waals surface area contributed by atoms with Gasteiger partial charge in [-0.15, -0.1) is 0 Å². The highest BCUT2D eigenvalue weighted by atomic mass is 79.9. The summed E-state index contributed by atoms with van der Waals surface area (Å²) in [6.07, 6.45) is 1.71. The summed E-state index contributed by atoms with van der Waals surface area (Å²) in [6, 6.07) is 11.6. The fourth-order valence-corrected chi connectivity index (χ4v) is 1.57. The molecular weight excluding hydrogens is 254 g/mol. The number of nitrogens with zero attached hydrogens (tertiary/aromatic N) is 1. The van der Waals surface area contributed by atoms with Crippen LogP contribution in [0.2, 0.25) is 0 Å². The van der Waals surface area contributed by atoms with Gasteiger partial charge in [0.25, 0.3) is 0 Å². The number of para-hydroxylation sites is 1. The van der Waals surface area contributed by atoms with Gasteiger partial charge in [-0.2, -0.15) is 0 Å². The zero-order chi connectivity index (χ0) is 10.7. The Morgan fingerprint density at radius 3 is 2.60 bits per heavy atom. The Balaban J connectivity index is 2.25. The third-order valence-corrected chi connectivity index (χ3v) is 2.35. The number of hydrogen-bond donors (Lipinski definition) is 2. The monoisotopic (exact) mass is 263 g/mol. The van der Waals surface area contributed by atoms with Gasteiger partial charge in [0, 0.05) is 16.4 Å². The first kappa shape index (κ1) is 9.98. The van der Waals surface area contributed by atoms with Crippen LogP contribution >= 0.6 is 15.9 Å². The Bertz CT molecular complexity index is 457. The van der Waals surface area contributed by atoms with E-state index in [1.165, 1.54) is 0 Å². The highest BCUT2D eigenvalue weighted by Gasteiger charge is 2.01. The number of nitrogens with one attached hydrogen (secondary N) is 1. The standard InChI is InChI=1S/C11H10BrN3/c12-8-6-10(13)11(14-7-8)15-9-4-2-1-3-5-9/h1-7H,13H2,(H,14,15). The van der Waals surface area contributed by atoms with E-state index in [9.17, 15) is 0 Å². The average molecular weight is 264 g/mol. The van der Waals surface area contributed by atoms with Crippen LogP contribution in [-0.2, 0) is 0 Å². The molecule has 0 saturated carbocycles. The van der Waals surface area contributed by atoms with E-state index in [0.717, 1.165) is 10.2 Å². The molecule has 0 radical (unpaired) electrons. The molecule has 76 valence electrons. The molecule has 0 spiro atoms. The number of nitrogens with two attached hydrogens (primary N) is 1. The molecule has 4 heteroatoms.